The van der Waals surface area contributed by atoms with E-state index >= 15 is 0 Å². The van der Waals surface area contributed by atoms with Gasteiger partial charge in [0.1, 0.15) is 30.0 Å². The van der Waals surface area contributed by atoms with Crippen molar-refractivity contribution < 1.29 is 9.13 Å². The normalized spacial score (nSPS) is 11.1. The first-order chi connectivity index (χ1) is 14.2. The summed E-state index contributed by atoms with van der Waals surface area (Å²) in [7, 11) is 0. The number of rotatable bonds is 4. The molecule has 1 N–H and O–H groups in total. The zero-order valence-electron chi connectivity index (χ0n) is 15.2. The predicted octanol–water partition coefficient (Wildman–Crippen LogP) is 4.05. The Balaban J connectivity index is 1.42. The molecule has 0 atom stereocenters. The van der Waals surface area contributed by atoms with Gasteiger partial charge in [-0.05, 0) is 36.8 Å². The summed E-state index contributed by atoms with van der Waals surface area (Å²) in [6.45, 7) is 1.94. The number of aryl methyl sites for hydroxylation is 1. The molecule has 0 radical (unpaired) electrons. The second-order valence-electron chi connectivity index (χ2n) is 6.38. The van der Waals surface area contributed by atoms with Gasteiger partial charge in [0, 0.05) is 29.4 Å². The number of aromatic nitrogens is 6. The van der Waals surface area contributed by atoms with Gasteiger partial charge >= 0.3 is 0 Å². The molecule has 4 aromatic heterocycles. The van der Waals surface area contributed by atoms with E-state index in [1.54, 1.807) is 10.7 Å². The molecule has 142 valence electrons. The monoisotopic (exact) mass is 387 g/mol. The number of anilines is 2. The third kappa shape index (κ3) is 3.29. The maximum atomic E-state index is 13.5. The van der Waals surface area contributed by atoms with Crippen LogP contribution in [-0.4, -0.2) is 29.5 Å². The van der Waals surface area contributed by atoms with Gasteiger partial charge in [-0.2, -0.15) is 9.49 Å². The summed E-state index contributed by atoms with van der Waals surface area (Å²) in [5, 5.41) is 7.83. The lowest BCUT2D eigenvalue weighted by molar-refractivity contribution is 0.478. The van der Waals surface area contributed by atoms with E-state index in [0.29, 0.717) is 33.9 Å². The first kappa shape index (κ1) is 17.0. The summed E-state index contributed by atoms with van der Waals surface area (Å²) < 4.78 is 21.2. The summed E-state index contributed by atoms with van der Waals surface area (Å²) in [6, 6.07) is 10.6. The van der Waals surface area contributed by atoms with E-state index in [1.165, 1.54) is 24.9 Å². The molecule has 0 spiro atoms. The van der Waals surface area contributed by atoms with Gasteiger partial charge in [0.05, 0.1) is 11.7 Å². The number of hydrogen-bond acceptors (Lipinski definition) is 7. The Labute approximate surface area is 164 Å². The molecule has 0 aliphatic rings. The van der Waals surface area contributed by atoms with E-state index in [9.17, 15) is 4.39 Å². The smallest absolute Gasteiger partial charge is 0.213 e. The van der Waals surface area contributed by atoms with Gasteiger partial charge in [0.2, 0.25) is 5.95 Å². The van der Waals surface area contributed by atoms with Gasteiger partial charge in [-0.1, -0.05) is 0 Å². The number of halogens is 1. The average molecular weight is 387 g/mol. The Kier molecular flexibility index (Phi) is 3.98. The second kappa shape index (κ2) is 6.79. The van der Waals surface area contributed by atoms with Crippen LogP contribution < -0.4 is 10.1 Å². The topological polar surface area (TPSA) is 90.1 Å². The molecule has 0 fully saturated rings. The standard InChI is InChI=1S/C20H14FN7O/c1-12-6-13(27-20-15-8-18(21)22-9-16(15)23-10-25-20)2-3-17(12)29-14-4-5-28-19(7-14)24-11-26-28/h2-11H,1H3,(H,23,25,27). The molecule has 0 unspecified atom stereocenters. The second-order valence-corrected chi connectivity index (χ2v) is 6.38. The third-order valence-electron chi connectivity index (χ3n) is 4.41. The predicted molar refractivity (Wildman–Crippen MR) is 105 cm³/mol. The molecule has 4 heterocycles. The highest BCUT2D eigenvalue weighted by atomic mass is 19.1. The zero-order chi connectivity index (χ0) is 19.8. The third-order valence-corrected chi connectivity index (χ3v) is 4.41. The molecule has 5 rings (SSSR count). The largest absolute Gasteiger partial charge is 0.457 e. The lowest BCUT2D eigenvalue weighted by atomic mass is 10.2. The van der Waals surface area contributed by atoms with Crippen molar-refractivity contribution >= 4 is 28.1 Å². The van der Waals surface area contributed by atoms with Gasteiger partial charge in [0.15, 0.2) is 5.65 Å². The summed E-state index contributed by atoms with van der Waals surface area (Å²) in [5.41, 5.74) is 2.97. The van der Waals surface area contributed by atoms with Crippen LogP contribution in [0, 0.1) is 12.9 Å². The number of nitrogens with zero attached hydrogens (tertiary/aromatic N) is 6. The van der Waals surface area contributed by atoms with E-state index in [1.807, 2.05) is 37.3 Å². The quantitative estimate of drug-likeness (QED) is 0.465. The molecule has 0 aliphatic carbocycles. The molecular weight excluding hydrogens is 373 g/mol. The number of fused-ring (bicyclic) bond motifs is 2. The number of hydrogen-bond donors (Lipinski definition) is 1. The molecule has 29 heavy (non-hydrogen) atoms. The lowest BCUT2D eigenvalue weighted by Gasteiger charge is -2.12. The number of benzene rings is 1. The zero-order valence-corrected chi connectivity index (χ0v) is 15.2. The number of ether oxygens (including phenoxy) is 1. The van der Waals surface area contributed by atoms with Crippen molar-refractivity contribution in [3.05, 3.63) is 73.0 Å². The summed E-state index contributed by atoms with van der Waals surface area (Å²) in [6.07, 6.45) is 6.07. The van der Waals surface area contributed by atoms with Crippen LogP contribution in [0.15, 0.2) is 61.4 Å². The molecule has 0 saturated heterocycles. The minimum atomic E-state index is -0.583. The van der Waals surface area contributed by atoms with Crippen molar-refractivity contribution in [3.63, 3.8) is 0 Å². The van der Waals surface area contributed by atoms with Crippen LogP contribution in [0.5, 0.6) is 11.5 Å². The Bertz CT molecular complexity index is 1350. The van der Waals surface area contributed by atoms with Gasteiger partial charge in [0.25, 0.3) is 0 Å². The van der Waals surface area contributed by atoms with Crippen molar-refractivity contribution in [1.29, 1.82) is 0 Å². The molecule has 0 bridgehead atoms. The van der Waals surface area contributed by atoms with Crippen LogP contribution in [0.3, 0.4) is 0 Å². The Hall–Kier alpha value is -4.14. The van der Waals surface area contributed by atoms with Crippen molar-refractivity contribution in [3.8, 4) is 11.5 Å². The van der Waals surface area contributed by atoms with Crippen LogP contribution >= 0.6 is 0 Å². The van der Waals surface area contributed by atoms with Crippen LogP contribution in [0.4, 0.5) is 15.9 Å². The molecule has 0 saturated carbocycles. The fraction of sp³-hybridized carbons (Fsp3) is 0.0500. The van der Waals surface area contributed by atoms with Crippen LogP contribution in [0.1, 0.15) is 5.56 Å². The minimum absolute atomic E-state index is 0.502. The highest BCUT2D eigenvalue weighted by molar-refractivity contribution is 5.89. The van der Waals surface area contributed by atoms with E-state index in [-0.39, 0.29) is 0 Å². The lowest BCUT2D eigenvalue weighted by Crippen LogP contribution is -1.98. The molecule has 8 nitrogen and oxygen atoms in total. The molecular formula is C20H14FN7O. The number of nitrogens with one attached hydrogen (secondary N) is 1. The first-order valence-electron chi connectivity index (χ1n) is 8.77. The van der Waals surface area contributed by atoms with Crippen LogP contribution in [0.25, 0.3) is 16.6 Å². The van der Waals surface area contributed by atoms with E-state index in [4.69, 9.17) is 4.74 Å². The van der Waals surface area contributed by atoms with Crippen molar-refractivity contribution in [1.82, 2.24) is 29.5 Å². The van der Waals surface area contributed by atoms with Gasteiger partial charge in [-0.15, -0.1) is 0 Å². The summed E-state index contributed by atoms with van der Waals surface area (Å²) in [5.74, 6) is 1.29. The molecule has 0 aliphatic heterocycles. The van der Waals surface area contributed by atoms with Crippen LogP contribution in [0.2, 0.25) is 0 Å². The molecule has 0 amide bonds. The number of pyridine rings is 2. The minimum Gasteiger partial charge on any atom is -0.457 e. The van der Waals surface area contributed by atoms with E-state index < -0.39 is 5.95 Å². The van der Waals surface area contributed by atoms with Crippen molar-refractivity contribution in [2.75, 3.05) is 5.32 Å². The Morgan fingerprint density at radius 1 is 1.00 bits per heavy atom. The summed E-state index contributed by atoms with van der Waals surface area (Å²) >= 11 is 0. The maximum absolute atomic E-state index is 13.5. The highest BCUT2D eigenvalue weighted by Gasteiger charge is 2.09. The van der Waals surface area contributed by atoms with Crippen LogP contribution in [-0.2, 0) is 0 Å². The summed E-state index contributed by atoms with van der Waals surface area (Å²) in [4.78, 5) is 16.1. The van der Waals surface area contributed by atoms with Gasteiger partial charge < -0.3 is 10.1 Å². The first-order valence-corrected chi connectivity index (χ1v) is 8.77. The van der Waals surface area contributed by atoms with Crippen molar-refractivity contribution in [2.24, 2.45) is 0 Å². The molecule has 1 aromatic carbocycles. The van der Waals surface area contributed by atoms with Gasteiger partial charge in [-0.3, -0.25) is 0 Å². The average Bonchev–Trinajstić information content (AvgIpc) is 3.18. The fourth-order valence-corrected chi connectivity index (χ4v) is 3.00. The van der Waals surface area contributed by atoms with Crippen molar-refractivity contribution in [2.45, 2.75) is 6.92 Å². The van der Waals surface area contributed by atoms with Gasteiger partial charge in [-0.25, -0.2) is 24.5 Å². The molecule has 5 aromatic rings. The van der Waals surface area contributed by atoms with E-state index in [2.05, 4.69) is 30.4 Å². The Morgan fingerprint density at radius 2 is 1.93 bits per heavy atom. The Morgan fingerprint density at radius 3 is 2.83 bits per heavy atom. The van der Waals surface area contributed by atoms with E-state index in [0.717, 1.165) is 11.3 Å². The SMILES string of the molecule is Cc1cc(Nc2ncnc3cnc(F)cc23)ccc1Oc1ccn2ncnc2c1. The fourth-order valence-electron chi connectivity index (χ4n) is 3.00. The maximum Gasteiger partial charge on any atom is 0.213 e. The highest BCUT2D eigenvalue weighted by Crippen LogP contribution is 2.30. The molecule has 9 heteroatoms.